The molecule has 12 heteroatoms. The molecule has 2 aliphatic rings. The lowest BCUT2D eigenvalue weighted by molar-refractivity contribution is -0.142. The van der Waals surface area contributed by atoms with Crippen molar-refractivity contribution in [2.45, 2.75) is 44.2 Å². The quantitative estimate of drug-likeness (QED) is 0.296. The van der Waals surface area contributed by atoms with Gasteiger partial charge in [-0.05, 0) is 49.9 Å². The topological polar surface area (TPSA) is 126 Å². The summed E-state index contributed by atoms with van der Waals surface area (Å²) in [6.07, 6.45) is 6.27. The molecule has 6 heterocycles. The molecule has 0 aliphatic carbocycles. The van der Waals surface area contributed by atoms with Crippen LogP contribution in [0.4, 0.5) is 0 Å². The summed E-state index contributed by atoms with van der Waals surface area (Å²) in [5, 5.41) is 14.3. The highest BCUT2D eigenvalue weighted by Gasteiger charge is 2.42. The van der Waals surface area contributed by atoms with Crippen LogP contribution in [-0.4, -0.2) is 82.6 Å². The Morgan fingerprint density at radius 1 is 1.04 bits per heavy atom. The zero-order valence-corrected chi connectivity index (χ0v) is 27.3. The molecule has 2 fully saturated rings. The Kier molecular flexibility index (Phi) is 8.23. The molecule has 1 N–H and O–H groups in total. The summed E-state index contributed by atoms with van der Waals surface area (Å²) in [7, 11) is 1.84. The van der Waals surface area contributed by atoms with Crippen LogP contribution in [0.5, 0.6) is 0 Å². The van der Waals surface area contributed by atoms with Gasteiger partial charge in [0, 0.05) is 74.1 Å². The highest BCUT2D eigenvalue weighted by Crippen LogP contribution is 2.36. The van der Waals surface area contributed by atoms with Crippen molar-refractivity contribution in [3.63, 3.8) is 0 Å². The van der Waals surface area contributed by atoms with Gasteiger partial charge in [-0.2, -0.15) is 0 Å². The number of aromatic nitrogens is 5. The molecule has 0 spiro atoms. The Morgan fingerprint density at radius 3 is 2.60 bits per heavy atom. The molecule has 2 saturated heterocycles. The van der Waals surface area contributed by atoms with Crippen LogP contribution in [0.3, 0.4) is 0 Å². The molecule has 2 atom stereocenters. The number of nitrogens with zero attached hydrogens (tertiary/aromatic N) is 7. The molecule has 242 valence electrons. The molecule has 1 aromatic carbocycles. The first-order valence-corrected chi connectivity index (χ1v) is 16.8. The molecule has 0 saturated carbocycles. The Bertz CT molecular complexity index is 1990. The Labute approximate surface area is 276 Å². The van der Waals surface area contributed by atoms with E-state index < -0.39 is 5.60 Å². The van der Waals surface area contributed by atoms with E-state index in [1.165, 1.54) is 22.2 Å². The number of hydrogen-bond acceptors (Lipinski definition) is 8. The van der Waals surface area contributed by atoms with Crippen LogP contribution in [0.25, 0.3) is 22.3 Å². The van der Waals surface area contributed by atoms with Crippen molar-refractivity contribution < 1.29 is 14.7 Å². The van der Waals surface area contributed by atoms with Crippen LogP contribution in [0.15, 0.2) is 77.4 Å². The van der Waals surface area contributed by atoms with Crippen molar-refractivity contribution in [1.82, 2.24) is 33.9 Å². The zero-order chi connectivity index (χ0) is 32.7. The highest BCUT2D eigenvalue weighted by molar-refractivity contribution is 7.12. The van der Waals surface area contributed by atoms with E-state index in [4.69, 9.17) is 0 Å². The summed E-state index contributed by atoms with van der Waals surface area (Å²) < 4.78 is 3.27. The predicted molar refractivity (Wildman–Crippen MR) is 179 cm³/mol. The van der Waals surface area contributed by atoms with Crippen LogP contribution in [-0.2, 0) is 18.4 Å². The summed E-state index contributed by atoms with van der Waals surface area (Å²) in [5.41, 5.74) is 2.88. The van der Waals surface area contributed by atoms with Gasteiger partial charge in [0.15, 0.2) is 5.01 Å². The zero-order valence-electron chi connectivity index (χ0n) is 26.5. The number of carbonyl (C=O) groups is 2. The number of rotatable bonds is 6. The average molecular weight is 652 g/mol. The van der Waals surface area contributed by atoms with Gasteiger partial charge in [-0.15, -0.1) is 11.3 Å². The molecule has 2 aliphatic heterocycles. The normalized spacial score (nSPS) is 19.6. The number of hydrogen-bond donors (Lipinski definition) is 1. The monoisotopic (exact) mass is 651 g/mol. The molecular weight excluding hydrogens is 614 g/mol. The van der Waals surface area contributed by atoms with Gasteiger partial charge in [0.1, 0.15) is 12.0 Å². The fraction of sp³-hybridized carbons (Fsp3) is 0.371. The standard InChI is InChI=1S/C35H37N7O4S/c1-23-18-25(8-13-36-23)29-20-47-31(38-29)34(45)41-15-10-26(28(19-41)24-6-4-3-5-7-24)32(43)40-16-11-35(46,12-17-40)21-42-22-37-30-27(33(42)44)9-14-39(30)2/h3-9,13-14,18,20,22,26,28,46H,10-12,15-17,19,21H2,1-2H3/t26-,28+/m1/s1. The van der Waals surface area contributed by atoms with E-state index in [9.17, 15) is 19.5 Å². The summed E-state index contributed by atoms with van der Waals surface area (Å²) in [6.45, 7) is 3.70. The number of thiazole rings is 1. The number of fused-ring (bicyclic) bond motifs is 1. The largest absolute Gasteiger partial charge is 0.388 e. The second kappa shape index (κ2) is 12.5. The molecule has 11 nitrogen and oxygen atoms in total. The van der Waals surface area contributed by atoms with Gasteiger partial charge in [-0.3, -0.25) is 23.9 Å². The minimum absolute atomic E-state index is 0.0436. The molecule has 7 rings (SSSR count). The highest BCUT2D eigenvalue weighted by atomic mass is 32.1. The van der Waals surface area contributed by atoms with Crippen LogP contribution in [0, 0.1) is 12.8 Å². The summed E-state index contributed by atoms with van der Waals surface area (Å²) >= 11 is 1.33. The van der Waals surface area contributed by atoms with E-state index in [0.29, 0.717) is 61.5 Å². The second-order valence-electron chi connectivity index (χ2n) is 12.8. The van der Waals surface area contributed by atoms with Gasteiger partial charge < -0.3 is 19.5 Å². The maximum absolute atomic E-state index is 14.1. The maximum Gasteiger partial charge on any atom is 0.282 e. The number of aryl methyl sites for hydroxylation is 2. The van der Waals surface area contributed by atoms with Crippen molar-refractivity contribution in [3.05, 3.63) is 99.3 Å². The van der Waals surface area contributed by atoms with Gasteiger partial charge >= 0.3 is 0 Å². The Hall–Kier alpha value is -4.68. The molecule has 0 unspecified atom stereocenters. The lowest BCUT2D eigenvalue weighted by Gasteiger charge is -2.43. The maximum atomic E-state index is 14.1. The molecule has 0 bridgehead atoms. The van der Waals surface area contributed by atoms with E-state index in [1.54, 1.807) is 23.0 Å². The molecule has 5 aromatic rings. The van der Waals surface area contributed by atoms with Crippen molar-refractivity contribution in [3.8, 4) is 11.3 Å². The summed E-state index contributed by atoms with van der Waals surface area (Å²) in [5.74, 6) is -0.555. The number of carbonyl (C=O) groups excluding carboxylic acids is 2. The number of amides is 2. The van der Waals surface area contributed by atoms with Gasteiger partial charge in [0.05, 0.1) is 23.2 Å². The lowest BCUT2D eigenvalue weighted by Crippen LogP contribution is -2.53. The summed E-state index contributed by atoms with van der Waals surface area (Å²) in [4.78, 5) is 57.8. The van der Waals surface area contributed by atoms with Crippen LogP contribution in [0.1, 0.15) is 46.2 Å². The van der Waals surface area contributed by atoms with E-state index in [-0.39, 0.29) is 35.8 Å². The molecular formula is C35H37N7O4S. The van der Waals surface area contributed by atoms with Crippen LogP contribution in [0.2, 0.25) is 0 Å². The minimum Gasteiger partial charge on any atom is -0.388 e. The molecule has 47 heavy (non-hydrogen) atoms. The third-order valence-electron chi connectivity index (χ3n) is 9.65. The van der Waals surface area contributed by atoms with Crippen molar-refractivity contribution in [2.75, 3.05) is 26.2 Å². The smallest absolute Gasteiger partial charge is 0.282 e. The predicted octanol–water partition coefficient (Wildman–Crippen LogP) is 3.86. The van der Waals surface area contributed by atoms with E-state index in [0.717, 1.165) is 22.5 Å². The van der Waals surface area contributed by atoms with Gasteiger partial charge in [0.2, 0.25) is 5.91 Å². The number of piperidine rings is 2. The van der Waals surface area contributed by atoms with Gasteiger partial charge in [0.25, 0.3) is 11.5 Å². The third kappa shape index (κ3) is 6.10. The summed E-state index contributed by atoms with van der Waals surface area (Å²) in [6, 6.07) is 15.5. The Morgan fingerprint density at radius 2 is 1.83 bits per heavy atom. The number of aliphatic hydroxyl groups is 1. The van der Waals surface area contributed by atoms with Crippen molar-refractivity contribution in [1.29, 1.82) is 0 Å². The number of pyridine rings is 1. The van der Waals surface area contributed by atoms with Gasteiger partial charge in [-0.25, -0.2) is 9.97 Å². The molecule has 4 aromatic heterocycles. The van der Waals surface area contributed by atoms with Crippen LogP contribution < -0.4 is 5.56 Å². The third-order valence-corrected chi connectivity index (χ3v) is 10.5. The first-order valence-electron chi connectivity index (χ1n) is 15.9. The molecule has 2 amide bonds. The average Bonchev–Trinajstić information content (AvgIpc) is 3.74. The Balaban J connectivity index is 1.04. The lowest BCUT2D eigenvalue weighted by atomic mass is 9.79. The second-order valence-corrected chi connectivity index (χ2v) is 13.6. The van der Waals surface area contributed by atoms with E-state index in [2.05, 4.69) is 15.0 Å². The van der Waals surface area contributed by atoms with Crippen molar-refractivity contribution >= 4 is 34.2 Å². The van der Waals surface area contributed by atoms with E-state index in [1.807, 2.05) is 71.6 Å². The SMILES string of the molecule is Cc1cc(-c2csc(C(=O)N3CC[C@@H](C(=O)N4CCC(O)(Cn5cnc6c(ccn6C)c5=O)CC4)[C@H](c4ccccc4)C3)n2)ccn1. The first kappa shape index (κ1) is 30.9. The molecule has 0 radical (unpaired) electrons. The number of benzene rings is 1. The minimum atomic E-state index is -1.12. The fourth-order valence-electron chi connectivity index (χ4n) is 6.96. The van der Waals surface area contributed by atoms with Crippen LogP contribution >= 0.6 is 11.3 Å². The van der Waals surface area contributed by atoms with E-state index >= 15 is 0 Å². The van der Waals surface area contributed by atoms with Crippen molar-refractivity contribution in [2.24, 2.45) is 13.0 Å². The van der Waals surface area contributed by atoms with Gasteiger partial charge in [-0.1, -0.05) is 30.3 Å². The fourth-order valence-corrected chi connectivity index (χ4v) is 7.75. The number of likely N-dealkylation sites (tertiary alicyclic amines) is 2. The first-order chi connectivity index (χ1) is 22.7.